The molecule has 1 aliphatic carbocycles. The maximum atomic E-state index is 12.6. The number of alkyl halides is 3. The first kappa shape index (κ1) is 21.6. The fourth-order valence-electron chi connectivity index (χ4n) is 3.12. The van der Waals surface area contributed by atoms with E-state index < -0.39 is 45.9 Å². The number of carbonyl (C=O) groups is 1. The Labute approximate surface area is 155 Å². The molecule has 0 aliphatic heterocycles. The number of nitrogens with one attached hydrogen (secondary N) is 1. The topological polar surface area (TPSA) is 104 Å². The number of aliphatic hydroxyl groups is 2. The van der Waals surface area contributed by atoms with Crippen LogP contribution < -0.4 is 5.32 Å². The van der Waals surface area contributed by atoms with Gasteiger partial charge in [-0.1, -0.05) is 25.0 Å². The maximum Gasteiger partial charge on any atom is 0.471 e. The molecule has 1 aliphatic rings. The Morgan fingerprint density at radius 1 is 1.26 bits per heavy atom. The van der Waals surface area contributed by atoms with E-state index in [9.17, 15) is 36.6 Å². The Bertz CT molecular complexity index is 773. The van der Waals surface area contributed by atoms with Crippen LogP contribution in [0.15, 0.2) is 29.2 Å². The summed E-state index contributed by atoms with van der Waals surface area (Å²) < 4.78 is 61.5. The average Bonchev–Trinajstić information content (AvgIpc) is 2.99. The van der Waals surface area contributed by atoms with Crippen molar-refractivity contribution in [1.29, 1.82) is 0 Å². The highest BCUT2D eigenvalue weighted by molar-refractivity contribution is 7.91. The number of hydrogen-bond acceptors (Lipinski definition) is 5. The second kappa shape index (κ2) is 8.15. The second-order valence-electron chi connectivity index (χ2n) is 6.82. The number of carbonyl (C=O) groups excluding carboxylic acids is 1. The van der Waals surface area contributed by atoms with Crippen LogP contribution in [0, 0.1) is 0 Å². The number of halogens is 3. The molecule has 0 aromatic heterocycles. The SMILES string of the molecule is O=C(NCCC(O)c1cccc(S(=O)(=O)CC2(O)CCCC2)c1)C(F)(F)F. The van der Waals surface area contributed by atoms with Crippen LogP contribution in [0.4, 0.5) is 13.2 Å². The minimum absolute atomic E-state index is 0.0706. The molecular formula is C17H22F3NO5S. The molecule has 3 N–H and O–H groups in total. The van der Waals surface area contributed by atoms with E-state index in [4.69, 9.17) is 0 Å². The summed E-state index contributed by atoms with van der Waals surface area (Å²) in [7, 11) is -3.79. The van der Waals surface area contributed by atoms with Gasteiger partial charge in [0.15, 0.2) is 9.84 Å². The summed E-state index contributed by atoms with van der Waals surface area (Å²) in [4.78, 5) is 10.7. The number of hydrogen-bond donors (Lipinski definition) is 3. The Hall–Kier alpha value is -1.65. The van der Waals surface area contributed by atoms with Gasteiger partial charge in [0.2, 0.25) is 0 Å². The van der Waals surface area contributed by atoms with Crippen molar-refractivity contribution < 1.29 is 36.6 Å². The van der Waals surface area contributed by atoms with E-state index in [2.05, 4.69) is 0 Å². The molecule has 2 rings (SSSR count). The third kappa shape index (κ3) is 5.91. The Morgan fingerprint density at radius 3 is 2.48 bits per heavy atom. The van der Waals surface area contributed by atoms with Gasteiger partial charge in [0, 0.05) is 6.54 Å². The lowest BCUT2D eigenvalue weighted by atomic mass is 10.1. The van der Waals surface area contributed by atoms with Crippen LogP contribution in [0.1, 0.15) is 43.8 Å². The third-order valence-electron chi connectivity index (χ3n) is 4.56. The normalized spacial score (nSPS) is 18.3. The van der Waals surface area contributed by atoms with Crippen molar-refractivity contribution in [2.45, 2.75) is 54.9 Å². The van der Waals surface area contributed by atoms with Crippen LogP contribution in [0.2, 0.25) is 0 Å². The van der Waals surface area contributed by atoms with Crippen LogP contribution >= 0.6 is 0 Å². The minimum Gasteiger partial charge on any atom is -0.389 e. The van der Waals surface area contributed by atoms with Crippen molar-refractivity contribution >= 4 is 15.7 Å². The molecule has 6 nitrogen and oxygen atoms in total. The first-order valence-corrected chi connectivity index (χ1v) is 10.2. The number of aliphatic hydroxyl groups excluding tert-OH is 1. The molecule has 10 heteroatoms. The lowest BCUT2D eigenvalue weighted by Gasteiger charge is -2.22. The molecule has 1 amide bonds. The van der Waals surface area contributed by atoms with Gasteiger partial charge in [-0.3, -0.25) is 4.79 Å². The zero-order valence-corrected chi connectivity index (χ0v) is 15.3. The van der Waals surface area contributed by atoms with Crippen molar-refractivity contribution in [2.24, 2.45) is 0 Å². The predicted molar refractivity (Wildman–Crippen MR) is 90.6 cm³/mol. The molecule has 27 heavy (non-hydrogen) atoms. The number of amides is 1. The molecule has 0 radical (unpaired) electrons. The van der Waals surface area contributed by atoms with Crippen LogP contribution in [0.3, 0.4) is 0 Å². The molecule has 1 aromatic carbocycles. The molecular weight excluding hydrogens is 387 g/mol. The van der Waals surface area contributed by atoms with E-state index in [1.54, 1.807) is 5.32 Å². The fourth-order valence-corrected chi connectivity index (χ4v) is 4.88. The van der Waals surface area contributed by atoms with E-state index in [1.165, 1.54) is 24.3 Å². The first-order valence-electron chi connectivity index (χ1n) is 8.51. The summed E-state index contributed by atoms with van der Waals surface area (Å²) in [5, 5.41) is 22.1. The van der Waals surface area contributed by atoms with E-state index in [0.29, 0.717) is 12.8 Å². The standard InChI is InChI=1S/C17H22F3NO5S/c18-17(19,20)15(23)21-9-6-14(22)12-4-3-5-13(10-12)27(25,26)11-16(24)7-1-2-8-16/h3-5,10,14,22,24H,1-2,6-9,11H2,(H,21,23). The van der Waals surface area contributed by atoms with Gasteiger partial charge >= 0.3 is 12.1 Å². The first-order chi connectivity index (χ1) is 12.4. The summed E-state index contributed by atoms with van der Waals surface area (Å²) in [5.41, 5.74) is -1.05. The van der Waals surface area contributed by atoms with Gasteiger partial charge in [-0.05, 0) is 37.0 Å². The molecule has 0 saturated heterocycles. The Balaban J connectivity index is 2.02. The number of rotatable bonds is 7. The lowest BCUT2D eigenvalue weighted by Crippen LogP contribution is -2.37. The highest BCUT2D eigenvalue weighted by Crippen LogP contribution is 2.32. The van der Waals surface area contributed by atoms with Crippen LogP contribution in [-0.4, -0.2) is 48.6 Å². The monoisotopic (exact) mass is 409 g/mol. The van der Waals surface area contributed by atoms with Gasteiger partial charge in [0.1, 0.15) is 0 Å². The van der Waals surface area contributed by atoms with Crippen LogP contribution in [-0.2, 0) is 14.6 Å². The largest absolute Gasteiger partial charge is 0.471 e. The Morgan fingerprint density at radius 2 is 1.89 bits per heavy atom. The van der Waals surface area contributed by atoms with Crippen molar-refractivity contribution in [1.82, 2.24) is 5.32 Å². The third-order valence-corrected chi connectivity index (χ3v) is 6.45. The summed E-state index contributed by atoms with van der Waals surface area (Å²) in [6.07, 6.45) is -4.12. The van der Waals surface area contributed by atoms with E-state index in [1.807, 2.05) is 0 Å². The second-order valence-corrected chi connectivity index (χ2v) is 8.81. The summed E-state index contributed by atoms with van der Waals surface area (Å²) >= 11 is 0. The van der Waals surface area contributed by atoms with E-state index >= 15 is 0 Å². The van der Waals surface area contributed by atoms with Crippen molar-refractivity contribution in [3.05, 3.63) is 29.8 Å². The van der Waals surface area contributed by atoms with Crippen molar-refractivity contribution in [3.8, 4) is 0 Å². The van der Waals surface area contributed by atoms with Gasteiger partial charge in [0.05, 0.1) is 22.4 Å². The molecule has 1 atom stereocenters. The van der Waals surface area contributed by atoms with Crippen molar-refractivity contribution in [2.75, 3.05) is 12.3 Å². The maximum absolute atomic E-state index is 12.6. The average molecular weight is 409 g/mol. The fraction of sp³-hybridized carbons (Fsp3) is 0.588. The Kier molecular flexibility index (Phi) is 6.54. The number of sulfone groups is 1. The summed E-state index contributed by atoms with van der Waals surface area (Å²) in [6.45, 7) is -0.420. The predicted octanol–water partition coefficient (Wildman–Crippen LogP) is 1.87. The lowest BCUT2D eigenvalue weighted by molar-refractivity contribution is -0.173. The zero-order chi connectivity index (χ0) is 20.3. The molecule has 1 aromatic rings. The molecule has 0 bridgehead atoms. The molecule has 152 valence electrons. The molecule has 0 heterocycles. The summed E-state index contributed by atoms with van der Waals surface area (Å²) in [6, 6.07) is 5.44. The molecule has 1 unspecified atom stereocenters. The van der Waals surface area contributed by atoms with Gasteiger partial charge < -0.3 is 15.5 Å². The van der Waals surface area contributed by atoms with Crippen LogP contribution in [0.5, 0.6) is 0 Å². The smallest absolute Gasteiger partial charge is 0.389 e. The molecule has 0 spiro atoms. The van der Waals surface area contributed by atoms with E-state index in [0.717, 1.165) is 12.8 Å². The minimum atomic E-state index is -5.00. The summed E-state index contributed by atoms with van der Waals surface area (Å²) in [5.74, 6) is -2.52. The highest BCUT2D eigenvalue weighted by atomic mass is 32.2. The highest BCUT2D eigenvalue weighted by Gasteiger charge is 2.38. The zero-order valence-electron chi connectivity index (χ0n) is 14.5. The van der Waals surface area contributed by atoms with Gasteiger partial charge in [-0.15, -0.1) is 0 Å². The van der Waals surface area contributed by atoms with Gasteiger partial charge in [-0.2, -0.15) is 13.2 Å². The van der Waals surface area contributed by atoms with Gasteiger partial charge in [0.25, 0.3) is 0 Å². The molecule has 1 fully saturated rings. The number of benzene rings is 1. The van der Waals surface area contributed by atoms with Crippen molar-refractivity contribution in [3.63, 3.8) is 0 Å². The van der Waals surface area contributed by atoms with Gasteiger partial charge in [-0.25, -0.2) is 8.42 Å². The van der Waals surface area contributed by atoms with E-state index in [-0.39, 0.29) is 16.9 Å². The molecule has 1 saturated carbocycles. The van der Waals surface area contributed by atoms with Crippen LogP contribution in [0.25, 0.3) is 0 Å². The quantitative estimate of drug-likeness (QED) is 0.638.